The molecule has 3 aromatic rings. The van der Waals surface area contributed by atoms with E-state index >= 15 is 0 Å². The SMILES string of the molecule is Cn1c(=O)c2c(ncn2CC(=O)OCC(=O)NNC(=O)c2ccc(Br)cc2)n(C)c1=O. The first kappa shape index (κ1) is 22.0. The van der Waals surface area contributed by atoms with E-state index in [0.717, 1.165) is 9.04 Å². The van der Waals surface area contributed by atoms with E-state index in [0.29, 0.717) is 5.56 Å². The van der Waals surface area contributed by atoms with Gasteiger partial charge in [0.2, 0.25) is 0 Å². The number of amides is 2. The maximum atomic E-state index is 12.3. The van der Waals surface area contributed by atoms with Gasteiger partial charge in [-0.1, -0.05) is 15.9 Å². The molecule has 1 aromatic carbocycles. The fourth-order valence-electron chi connectivity index (χ4n) is 2.68. The van der Waals surface area contributed by atoms with Crippen LogP contribution in [0, 0.1) is 0 Å². The number of fused-ring (bicyclic) bond motifs is 1. The number of nitrogens with one attached hydrogen (secondary N) is 2. The summed E-state index contributed by atoms with van der Waals surface area (Å²) in [6.07, 6.45) is 1.23. The van der Waals surface area contributed by atoms with Gasteiger partial charge < -0.3 is 9.30 Å². The van der Waals surface area contributed by atoms with Crippen LogP contribution in [0.15, 0.2) is 44.7 Å². The molecule has 0 aliphatic rings. The van der Waals surface area contributed by atoms with E-state index < -0.39 is 42.2 Å². The fraction of sp³-hybridized carbons (Fsp3) is 0.222. The van der Waals surface area contributed by atoms with E-state index in [1.165, 1.54) is 29.6 Å². The minimum absolute atomic E-state index is 0.0489. The molecule has 13 heteroatoms. The van der Waals surface area contributed by atoms with Crippen molar-refractivity contribution in [3.05, 3.63) is 61.5 Å². The number of aryl methyl sites for hydroxylation is 1. The van der Waals surface area contributed by atoms with E-state index in [1.807, 2.05) is 0 Å². The van der Waals surface area contributed by atoms with Crippen molar-refractivity contribution in [3.8, 4) is 0 Å². The Labute approximate surface area is 182 Å². The second-order valence-corrected chi connectivity index (χ2v) is 7.34. The predicted molar refractivity (Wildman–Crippen MR) is 111 cm³/mol. The van der Waals surface area contributed by atoms with Gasteiger partial charge >= 0.3 is 11.7 Å². The van der Waals surface area contributed by atoms with Crippen LogP contribution < -0.4 is 22.1 Å². The summed E-state index contributed by atoms with van der Waals surface area (Å²) in [6, 6.07) is 6.45. The maximum Gasteiger partial charge on any atom is 0.332 e. The monoisotopic (exact) mass is 492 g/mol. The third-order valence-corrected chi connectivity index (χ3v) is 4.83. The number of halogens is 1. The zero-order valence-electron chi connectivity index (χ0n) is 16.4. The Morgan fingerprint density at radius 1 is 1.06 bits per heavy atom. The van der Waals surface area contributed by atoms with Gasteiger partial charge in [-0.3, -0.25) is 39.2 Å². The smallest absolute Gasteiger partial charge is 0.332 e. The molecule has 2 heterocycles. The van der Waals surface area contributed by atoms with Crippen LogP contribution in [0.25, 0.3) is 11.2 Å². The number of carbonyl (C=O) groups excluding carboxylic acids is 3. The second-order valence-electron chi connectivity index (χ2n) is 6.42. The van der Waals surface area contributed by atoms with E-state index in [1.54, 1.807) is 24.3 Å². The van der Waals surface area contributed by atoms with Gasteiger partial charge in [0.25, 0.3) is 17.4 Å². The highest BCUT2D eigenvalue weighted by Gasteiger charge is 2.17. The maximum absolute atomic E-state index is 12.3. The van der Waals surface area contributed by atoms with Crippen molar-refractivity contribution in [2.24, 2.45) is 14.1 Å². The third-order valence-electron chi connectivity index (χ3n) is 4.30. The van der Waals surface area contributed by atoms with Crippen molar-refractivity contribution < 1.29 is 19.1 Å². The summed E-state index contributed by atoms with van der Waals surface area (Å²) < 4.78 is 8.97. The summed E-state index contributed by atoms with van der Waals surface area (Å²) in [4.78, 5) is 64.1. The quantitative estimate of drug-likeness (QED) is 0.350. The Bertz CT molecular complexity index is 1290. The summed E-state index contributed by atoms with van der Waals surface area (Å²) in [7, 11) is 2.76. The third kappa shape index (κ3) is 4.71. The van der Waals surface area contributed by atoms with Crippen molar-refractivity contribution in [2.45, 2.75) is 6.54 Å². The van der Waals surface area contributed by atoms with Crippen LogP contribution >= 0.6 is 15.9 Å². The molecular formula is C18H17BrN6O6. The summed E-state index contributed by atoms with van der Waals surface area (Å²) in [5.41, 5.74) is 3.66. The molecule has 12 nitrogen and oxygen atoms in total. The zero-order chi connectivity index (χ0) is 22.7. The molecule has 0 atom stereocenters. The van der Waals surface area contributed by atoms with Crippen molar-refractivity contribution in [2.75, 3.05) is 6.61 Å². The second kappa shape index (κ2) is 8.95. The summed E-state index contributed by atoms with van der Waals surface area (Å²) in [5.74, 6) is -2.12. The van der Waals surface area contributed by atoms with Gasteiger partial charge in [0, 0.05) is 24.1 Å². The predicted octanol–water partition coefficient (Wildman–Crippen LogP) is -0.799. The van der Waals surface area contributed by atoms with Gasteiger partial charge in [0.05, 0.1) is 6.33 Å². The number of hydrogen-bond donors (Lipinski definition) is 2. The molecule has 0 spiro atoms. The number of aromatic nitrogens is 4. The molecule has 0 aliphatic heterocycles. The van der Waals surface area contributed by atoms with E-state index in [-0.39, 0.29) is 11.2 Å². The molecule has 2 N–H and O–H groups in total. The number of nitrogens with zero attached hydrogens (tertiary/aromatic N) is 4. The lowest BCUT2D eigenvalue weighted by molar-refractivity contribution is -0.149. The number of carbonyl (C=O) groups is 3. The first-order valence-electron chi connectivity index (χ1n) is 8.80. The summed E-state index contributed by atoms with van der Waals surface area (Å²) in [6.45, 7) is -1.05. The van der Waals surface area contributed by atoms with E-state index in [4.69, 9.17) is 4.74 Å². The van der Waals surface area contributed by atoms with E-state index in [2.05, 4.69) is 31.8 Å². The molecule has 2 amide bonds. The molecule has 31 heavy (non-hydrogen) atoms. The number of rotatable bonds is 5. The molecule has 0 unspecified atom stereocenters. The van der Waals surface area contributed by atoms with Crippen LogP contribution in [0.5, 0.6) is 0 Å². The first-order chi connectivity index (χ1) is 14.7. The average Bonchev–Trinajstić information content (AvgIpc) is 3.17. The van der Waals surface area contributed by atoms with Crippen molar-refractivity contribution >= 4 is 44.9 Å². The van der Waals surface area contributed by atoms with Gasteiger partial charge in [-0.2, -0.15) is 0 Å². The first-order valence-corrected chi connectivity index (χ1v) is 9.59. The van der Waals surface area contributed by atoms with Crippen molar-refractivity contribution in [3.63, 3.8) is 0 Å². The van der Waals surface area contributed by atoms with Crippen LogP contribution in [-0.4, -0.2) is 43.1 Å². The van der Waals surface area contributed by atoms with Crippen LogP contribution in [0.3, 0.4) is 0 Å². The number of imidazole rings is 1. The van der Waals surface area contributed by atoms with Crippen LogP contribution in [0.1, 0.15) is 10.4 Å². The van der Waals surface area contributed by atoms with Gasteiger partial charge in [-0.05, 0) is 24.3 Å². The Morgan fingerprint density at radius 3 is 2.42 bits per heavy atom. The lowest BCUT2D eigenvalue weighted by Gasteiger charge is -2.09. The van der Waals surface area contributed by atoms with Gasteiger partial charge in [0.15, 0.2) is 17.8 Å². The molecule has 0 radical (unpaired) electrons. The van der Waals surface area contributed by atoms with Crippen LogP contribution in [-0.2, 0) is 35.0 Å². The molecular weight excluding hydrogens is 476 g/mol. The molecule has 3 rings (SSSR count). The molecule has 0 bridgehead atoms. The minimum atomic E-state index is -0.815. The molecule has 2 aromatic heterocycles. The van der Waals surface area contributed by atoms with Gasteiger partial charge in [-0.25, -0.2) is 9.78 Å². The Morgan fingerprint density at radius 2 is 1.74 bits per heavy atom. The highest BCUT2D eigenvalue weighted by Crippen LogP contribution is 2.10. The number of ether oxygens (including phenoxy) is 1. The highest BCUT2D eigenvalue weighted by molar-refractivity contribution is 9.10. The standard InChI is InChI=1S/C18H17BrN6O6/c1-23-15-14(17(29)24(2)18(23)30)25(9-20-15)7-13(27)31-8-12(26)21-22-16(28)10-3-5-11(19)6-4-10/h3-6,9H,7-8H2,1-2H3,(H,21,26)(H,22,28). The molecule has 0 saturated carbocycles. The highest BCUT2D eigenvalue weighted by atomic mass is 79.9. The Balaban J connectivity index is 1.56. The van der Waals surface area contributed by atoms with Gasteiger partial charge in [-0.15, -0.1) is 0 Å². The summed E-state index contributed by atoms with van der Waals surface area (Å²) >= 11 is 3.25. The largest absolute Gasteiger partial charge is 0.454 e. The molecule has 0 fully saturated rings. The summed E-state index contributed by atoms with van der Waals surface area (Å²) in [5, 5.41) is 0. The minimum Gasteiger partial charge on any atom is -0.454 e. The van der Waals surface area contributed by atoms with Crippen LogP contribution in [0.2, 0.25) is 0 Å². The van der Waals surface area contributed by atoms with Crippen molar-refractivity contribution in [1.29, 1.82) is 0 Å². The zero-order valence-corrected chi connectivity index (χ0v) is 18.0. The Kier molecular flexibility index (Phi) is 6.34. The number of hydrazine groups is 1. The lowest BCUT2D eigenvalue weighted by Crippen LogP contribution is -2.43. The number of esters is 1. The average molecular weight is 493 g/mol. The molecule has 162 valence electrons. The normalized spacial score (nSPS) is 10.7. The number of benzene rings is 1. The topological polar surface area (TPSA) is 146 Å². The van der Waals surface area contributed by atoms with Crippen molar-refractivity contribution in [1.82, 2.24) is 29.5 Å². The molecule has 0 saturated heterocycles. The fourth-order valence-corrected chi connectivity index (χ4v) is 2.95. The number of hydrogen-bond acceptors (Lipinski definition) is 7. The Hall–Kier alpha value is -3.74. The lowest BCUT2D eigenvalue weighted by atomic mass is 10.2. The van der Waals surface area contributed by atoms with Gasteiger partial charge in [0.1, 0.15) is 6.54 Å². The van der Waals surface area contributed by atoms with E-state index in [9.17, 15) is 24.0 Å². The van der Waals surface area contributed by atoms with Crippen LogP contribution in [0.4, 0.5) is 0 Å². The molecule has 0 aliphatic carbocycles.